The van der Waals surface area contributed by atoms with Gasteiger partial charge in [0.25, 0.3) is 0 Å². The summed E-state index contributed by atoms with van der Waals surface area (Å²) in [4.78, 5) is 10.9. The summed E-state index contributed by atoms with van der Waals surface area (Å²) in [6.45, 7) is 1.95. The minimum atomic E-state index is -0.387. The molecular formula is C14H14BrN3O2. The molecule has 2 N–H and O–H groups in total. The van der Waals surface area contributed by atoms with Gasteiger partial charge in [0.1, 0.15) is 11.4 Å². The molecule has 0 aliphatic carbocycles. The molecule has 20 heavy (non-hydrogen) atoms. The fraction of sp³-hybridized carbons (Fsp3) is 0.143. The SMILES string of the molecule is CNc1cccc(Nc2cc(Br)ccc2C)c1[N+](=O)[O-]. The van der Waals surface area contributed by atoms with Crippen LogP contribution >= 0.6 is 15.9 Å². The number of nitro groups is 1. The van der Waals surface area contributed by atoms with Gasteiger partial charge < -0.3 is 10.6 Å². The first-order chi connectivity index (χ1) is 9.52. The average Bonchev–Trinajstić information content (AvgIpc) is 2.42. The molecule has 0 fully saturated rings. The lowest BCUT2D eigenvalue weighted by Crippen LogP contribution is -2.02. The molecule has 0 heterocycles. The maximum Gasteiger partial charge on any atom is 0.315 e. The van der Waals surface area contributed by atoms with Crippen molar-refractivity contribution < 1.29 is 4.92 Å². The van der Waals surface area contributed by atoms with Crippen molar-refractivity contribution in [3.63, 3.8) is 0 Å². The van der Waals surface area contributed by atoms with E-state index in [1.54, 1.807) is 25.2 Å². The van der Waals surface area contributed by atoms with Crippen LogP contribution in [0.25, 0.3) is 0 Å². The normalized spacial score (nSPS) is 10.2. The molecule has 0 unspecified atom stereocenters. The number of nitro benzene ring substituents is 1. The summed E-state index contributed by atoms with van der Waals surface area (Å²) in [5.74, 6) is 0. The smallest absolute Gasteiger partial charge is 0.315 e. The van der Waals surface area contributed by atoms with Crippen LogP contribution in [0.4, 0.5) is 22.7 Å². The van der Waals surface area contributed by atoms with Gasteiger partial charge in [-0.15, -0.1) is 0 Å². The molecule has 5 nitrogen and oxygen atoms in total. The van der Waals surface area contributed by atoms with Crippen molar-refractivity contribution in [2.24, 2.45) is 0 Å². The van der Waals surface area contributed by atoms with E-state index in [-0.39, 0.29) is 10.6 Å². The molecule has 2 aromatic rings. The van der Waals surface area contributed by atoms with Crippen LogP contribution in [0.2, 0.25) is 0 Å². The highest BCUT2D eigenvalue weighted by atomic mass is 79.9. The van der Waals surface area contributed by atoms with Gasteiger partial charge in [-0.1, -0.05) is 28.1 Å². The third-order valence-electron chi connectivity index (χ3n) is 2.96. The summed E-state index contributed by atoms with van der Waals surface area (Å²) in [5, 5.41) is 17.2. The molecule has 2 aromatic carbocycles. The molecule has 0 bridgehead atoms. The Morgan fingerprint density at radius 1 is 1.15 bits per heavy atom. The molecule has 0 spiro atoms. The monoisotopic (exact) mass is 335 g/mol. The second-order valence-electron chi connectivity index (χ2n) is 4.29. The number of halogens is 1. The zero-order valence-corrected chi connectivity index (χ0v) is 12.7. The molecule has 0 aromatic heterocycles. The Hall–Kier alpha value is -2.08. The number of nitrogens with one attached hydrogen (secondary N) is 2. The van der Waals surface area contributed by atoms with Crippen molar-refractivity contribution in [2.45, 2.75) is 6.92 Å². The van der Waals surface area contributed by atoms with Crippen LogP contribution < -0.4 is 10.6 Å². The van der Waals surface area contributed by atoms with E-state index in [1.807, 2.05) is 25.1 Å². The first-order valence-corrected chi connectivity index (χ1v) is 6.80. The van der Waals surface area contributed by atoms with Crippen molar-refractivity contribution in [1.29, 1.82) is 0 Å². The zero-order valence-electron chi connectivity index (χ0n) is 11.1. The van der Waals surface area contributed by atoms with Gasteiger partial charge in [-0.25, -0.2) is 0 Å². The van der Waals surface area contributed by atoms with Gasteiger partial charge in [0.2, 0.25) is 0 Å². The fourth-order valence-electron chi connectivity index (χ4n) is 1.92. The Bertz CT molecular complexity index is 659. The summed E-state index contributed by atoms with van der Waals surface area (Å²) >= 11 is 3.40. The minimum absolute atomic E-state index is 0.0365. The van der Waals surface area contributed by atoms with E-state index in [9.17, 15) is 10.1 Å². The molecule has 104 valence electrons. The number of aryl methyl sites for hydroxylation is 1. The van der Waals surface area contributed by atoms with Crippen LogP contribution in [-0.4, -0.2) is 12.0 Å². The van der Waals surface area contributed by atoms with Crippen molar-refractivity contribution in [3.8, 4) is 0 Å². The van der Waals surface area contributed by atoms with Crippen LogP contribution in [0.5, 0.6) is 0 Å². The van der Waals surface area contributed by atoms with Gasteiger partial charge in [0.15, 0.2) is 0 Å². The summed E-state index contributed by atoms with van der Waals surface area (Å²) in [5.41, 5.74) is 2.82. The second kappa shape index (κ2) is 5.92. The van der Waals surface area contributed by atoms with Gasteiger partial charge in [0, 0.05) is 17.2 Å². The number of nitrogens with zero attached hydrogens (tertiary/aromatic N) is 1. The molecule has 6 heteroatoms. The van der Waals surface area contributed by atoms with Gasteiger partial charge >= 0.3 is 5.69 Å². The molecular weight excluding hydrogens is 322 g/mol. The van der Waals surface area contributed by atoms with Crippen molar-refractivity contribution in [2.75, 3.05) is 17.7 Å². The molecule has 2 rings (SSSR count). The van der Waals surface area contributed by atoms with Gasteiger partial charge in [-0.05, 0) is 36.8 Å². The summed E-state index contributed by atoms with van der Waals surface area (Å²) in [6.07, 6.45) is 0. The fourth-order valence-corrected chi connectivity index (χ4v) is 2.28. The number of para-hydroxylation sites is 1. The standard InChI is InChI=1S/C14H14BrN3O2/c1-9-6-7-10(15)8-13(9)17-12-5-3-4-11(16-2)14(12)18(19)20/h3-8,16-17H,1-2H3. The number of anilines is 3. The van der Waals surface area contributed by atoms with E-state index in [1.165, 1.54) is 0 Å². The number of hydrogen-bond acceptors (Lipinski definition) is 4. The van der Waals surface area contributed by atoms with Gasteiger partial charge in [-0.3, -0.25) is 10.1 Å². The number of rotatable bonds is 4. The minimum Gasteiger partial charge on any atom is -0.382 e. The quantitative estimate of drug-likeness (QED) is 0.639. The van der Waals surface area contributed by atoms with E-state index >= 15 is 0 Å². The molecule has 0 aliphatic rings. The average molecular weight is 336 g/mol. The summed E-state index contributed by atoms with van der Waals surface area (Å²) in [7, 11) is 1.66. The van der Waals surface area contributed by atoms with Crippen molar-refractivity contribution in [3.05, 3.63) is 56.5 Å². The maximum absolute atomic E-state index is 11.3. The van der Waals surface area contributed by atoms with Crippen LogP contribution in [-0.2, 0) is 0 Å². The second-order valence-corrected chi connectivity index (χ2v) is 5.21. The zero-order chi connectivity index (χ0) is 14.7. The van der Waals surface area contributed by atoms with E-state index < -0.39 is 0 Å². The largest absolute Gasteiger partial charge is 0.382 e. The van der Waals surface area contributed by atoms with E-state index in [0.29, 0.717) is 11.4 Å². The molecule has 0 aliphatic heterocycles. The molecule has 0 saturated carbocycles. The summed E-state index contributed by atoms with van der Waals surface area (Å²) < 4.78 is 0.915. The number of benzene rings is 2. The third-order valence-corrected chi connectivity index (χ3v) is 3.45. The van der Waals surface area contributed by atoms with Gasteiger partial charge in [0.05, 0.1) is 4.92 Å². The van der Waals surface area contributed by atoms with Crippen LogP contribution in [0.3, 0.4) is 0 Å². The predicted octanol–water partition coefficient (Wildman–Crippen LogP) is 4.45. The molecule has 0 atom stereocenters. The van der Waals surface area contributed by atoms with E-state index in [4.69, 9.17) is 0 Å². The first kappa shape index (κ1) is 14.3. The number of hydrogen-bond donors (Lipinski definition) is 2. The van der Waals surface area contributed by atoms with Crippen molar-refractivity contribution >= 4 is 38.7 Å². The lowest BCUT2D eigenvalue weighted by molar-refractivity contribution is -0.383. The first-order valence-electron chi connectivity index (χ1n) is 6.01. The Balaban J connectivity index is 2.48. The molecule has 0 amide bonds. The third kappa shape index (κ3) is 2.91. The van der Waals surface area contributed by atoms with Crippen LogP contribution in [0.1, 0.15) is 5.56 Å². The predicted molar refractivity (Wildman–Crippen MR) is 84.8 cm³/mol. The Morgan fingerprint density at radius 3 is 2.50 bits per heavy atom. The Labute approximate surface area is 125 Å². The van der Waals surface area contributed by atoms with Crippen LogP contribution in [0.15, 0.2) is 40.9 Å². The summed E-state index contributed by atoms with van der Waals surface area (Å²) in [6, 6.07) is 10.9. The molecule has 0 radical (unpaired) electrons. The van der Waals surface area contributed by atoms with E-state index in [2.05, 4.69) is 26.6 Å². The van der Waals surface area contributed by atoms with Crippen molar-refractivity contribution in [1.82, 2.24) is 0 Å². The highest BCUT2D eigenvalue weighted by molar-refractivity contribution is 9.10. The van der Waals surface area contributed by atoms with Gasteiger partial charge in [-0.2, -0.15) is 0 Å². The topological polar surface area (TPSA) is 67.2 Å². The van der Waals surface area contributed by atoms with E-state index in [0.717, 1.165) is 15.7 Å². The highest BCUT2D eigenvalue weighted by Gasteiger charge is 2.19. The maximum atomic E-state index is 11.3. The highest BCUT2D eigenvalue weighted by Crippen LogP contribution is 2.35. The Morgan fingerprint density at radius 2 is 1.85 bits per heavy atom. The lowest BCUT2D eigenvalue weighted by Gasteiger charge is -2.12. The van der Waals surface area contributed by atoms with Crippen LogP contribution in [0, 0.1) is 17.0 Å². The Kier molecular flexibility index (Phi) is 4.24. The lowest BCUT2D eigenvalue weighted by atomic mass is 10.1. The molecule has 0 saturated heterocycles.